The van der Waals surface area contributed by atoms with E-state index in [9.17, 15) is 0 Å². The van der Waals surface area contributed by atoms with Crippen LogP contribution >= 0.6 is 0 Å². The third-order valence-electron chi connectivity index (χ3n) is 2.66. The van der Waals surface area contributed by atoms with Crippen LogP contribution in [0.25, 0.3) is 0 Å². The molecule has 1 atom stereocenters. The van der Waals surface area contributed by atoms with Crippen molar-refractivity contribution in [3.05, 3.63) is 35.9 Å². The molecule has 0 aromatic heterocycles. The minimum absolute atomic E-state index is 0.921. The van der Waals surface area contributed by atoms with Gasteiger partial charge in [-0.2, -0.15) is 0 Å². The predicted octanol–water partition coefficient (Wildman–Crippen LogP) is 3.56. The average molecular weight is 359 g/mol. The van der Waals surface area contributed by atoms with Gasteiger partial charge in [0, 0.05) is 6.04 Å². The van der Waals surface area contributed by atoms with Gasteiger partial charge in [-0.25, -0.2) is 0 Å². The van der Waals surface area contributed by atoms with Crippen molar-refractivity contribution in [1.82, 2.24) is 0 Å². The Morgan fingerprint density at radius 3 is 1.90 bits per heavy atom. The monoisotopic (exact) mass is 358 g/mol. The van der Waals surface area contributed by atoms with E-state index < -0.39 is 35.2 Å². The molecule has 0 N–H and O–H groups in total. The van der Waals surface area contributed by atoms with E-state index in [-0.39, 0.29) is 0 Å². The zero-order valence-corrected chi connectivity index (χ0v) is 18.8. The quantitative estimate of drug-likeness (QED) is 0.665. The van der Waals surface area contributed by atoms with Crippen LogP contribution in [0.3, 0.4) is 0 Å². The van der Waals surface area contributed by atoms with Crippen molar-refractivity contribution in [3.63, 3.8) is 0 Å². The third kappa shape index (κ3) is 8.86. The topological polar surface area (TPSA) is 27.7 Å². The van der Waals surface area contributed by atoms with E-state index in [1.54, 1.807) is 0 Å². The van der Waals surface area contributed by atoms with Crippen LogP contribution in [0.1, 0.15) is 5.56 Å². The molecular weight excluding hydrogens is 328 g/mol. The van der Waals surface area contributed by atoms with Gasteiger partial charge in [0.25, 0.3) is 0 Å². The van der Waals surface area contributed by atoms with E-state index in [4.69, 9.17) is 12.3 Å². The van der Waals surface area contributed by atoms with Crippen LogP contribution in [0, 0.1) is 0 Å². The molecule has 0 saturated heterocycles. The molecule has 1 unspecified atom stereocenters. The van der Waals surface area contributed by atoms with E-state index in [2.05, 4.69) is 70.1 Å². The maximum Gasteiger partial charge on any atom is 0.312 e. The average Bonchev–Trinajstić information content (AvgIpc) is 2.24. The molecule has 0 spiro atoms. The van der Waals surface area contributed by atoms with Crippen LogP contribution in [0.15, 0.2) is 30.3 Å². The molecule has 0 aliphatic heterocycles. The van der Waals surface area contributed by atoms with Gasteiger partial charge >= 0.3 is 17.8 Å². The molecule has 1 aromatic carbocycles. The second-order valence-corrected chi connectivity index (χ2v) is 20.3. The molecule has 0 amide bonds. The van der Waals surface area contributed by atoms with Crippen molar-refractivity contribution in [1.29, 1.82) is 0 Å². The number of hydrogen-bond acceptors (Lipinski definition) is 3. The molecular formula is C14H30O3Si4. The lowest BCUT2D eigenvalue weighted by Crippen LogP contribution is -2.49. The molecule has 1 rings (SSSR count). The maximum atomic E-state index is 6.43. The van der Waals surface area contributed by atoms with Gasteiger partial charge in [-0.05, 0) is 51.4 Å². The first-order valence-corrected chi connectivity index (χ1v) is 18.4. The molecule has 120 valence electrons. The zero-order chi connectivity index (χ0) is 16.1. The Kier molecular flexibility index (Phi) is 7.24. The lowest BCUT2D eigenvalue weighted by atomic mass is 10.2. The summed E-state index contributed by atoms with van der Waals surface area (Å²) in [7, 11) is -6.49. The van der Waals surface area contributed by atoms with Crippen LogP contribution < -0.4 is 0 Å². The van der Waals surface area contributed by atoms with Gasteiger partial charge in [-0.15, -0.1) is 0 Å². The van der Waals surface area contributed by atoms with E-state index in [1.165, 1.54) is 5.56 Å². The fourth-order valence-corrected chi connectivity index (χ4v) is 15.1. The molecule has 0 aliphatic rings. The SMILES string of the molecule is C[SiH](C)O[Si](C)(C)O[SiH](Cc1ccccc1)O[Si](C)(C)C. The summed E-state index contributed by atoms with van der Waals surface area (Å²) in [6.45, 7) is 15.4. The molecule has 0 heterocycles. The highest BCUT2D eigenvalue weighted by Gasteiger charge is 2.33. The minimum Gasteiger partial charge on any atom is -0.440 e. The first kappa shape index (κ1) is 19.0. The summed E-state index contributed by atoms with van der Waals surface area (Å²) in [6, 6.07) is 11.4. The number of rotatable bonds is 8. The Morgan fingerprint density at radius 1 is 0.857 bits per heavy atom. The first-order valence-electron chi connectivity index (χ1n) is 7.65. The lowest BCUT2D eigenvalue weighted by Gasteiger charge is -2.33. The smallest absolute Gasteiger partial charge is 0.312 e. The number of hydrogen-bond donors (Lipinski definition) is 0. The summed E-state index contributed by atoms with van der Waals surface area (Å²) in [5, 5.41) is 0. The van der Waals surface area contributed by atoms with Crippen molar-refractivity contribution in [2.75, 3.05) is 0 Å². The van der Waals surface area contributed by atoms with Crippen LogP contribution in [0.5, 0.6) is 0 Å². The van der Waals surface area contributed by atoms with Crippen molar-refractivity contribution < 1.29 is 12.3 Å². The summed E-state index contributed by atoms with van der Waals surface area (Å²) in [6.07, 6.45) is 0. The van der Waals surface area contributed by atoms with Crippen LogP contribution in [0.2, 0.25) is 45.8 Å². The molecule has 0 aliphatic carbocycles. The molecule has 7 heteroatoms. The van der Waals surface area contributed by atoms with E-state index in [0.717, 1.165) is 6.04 Å². The molecule has 0 saturated carbocycles. The predicted molar refractivity (Wildman–Crippen MR) is 100 cm³/mol. The second-order valence-electron chi connectivity index (χ2n) is 7.03. The van der Waals surface area contributed by atoms with Crippen LogP contribution in [-0.2, 0) is 18.4 Å². The fourth-order valence-electron chi connectivity index (χ4n) is 2.22. The normalized spacial score (nSPS) is 14.5. The van der Waals surface area contributed by atoms with Crippen molar-refractivity contribution in [3.8, 4) is 0 Å². The molecule has 0 radical (unpaired) electrons. The van der Waals surface area contributed by atoms with Crippen LogP contribution in [-0.4, -0.2) is 35.2 Å². The Labute approximate surface area is 135 Å². The molecule has 21 heavy (non-hydrogen) atoms. The maximum absolute atomic E-state index is 6.43. The highest BCUT2D eigenvalue weighted by molar-refractivity contribution is 6.81. The van der Waals surface area contributed by atoms with Crippen molar-refractivity contribution in [2.24, 2.45) is 0 Å². The summed E-state index contributed by atoms with van der Waals surface area (Å²) in [4.78, 5) is 0. The Morgan fingerprint density at radius 2 is 1.43 bits per heavy atom. The fraction of sp³-hybridized carbons (Fsp3) is 0.571. The molecule has 3 nitrogen and oxygen atoms in total. The molecule has 0 bridgehead atoms. The molecule has 0 fully saturated rings. The first-order chi connectivity index (χ1) is 9.57. The van der Waals surface area contributed by atoms with Gasteiger partial charge in [-0.3, -0.25) is 0 Å². The van der Waals surface area contributed by atoms with Crippen molar-refractivity contribution >= 4 is 35.2 Å². The Balaban J connectivity index is 2.77. The Bertz CT molecular complexity index is 418. The summed E-state index contributed by atoms with van der Waals surface area (Å²) >= 11 is 0. The van der Waals surface area contributed by atoms with Gasteiger partial charge in [0.05, 0.1) is 0 Å². The zero-order valence-electron chi connectivity index (χ0n) is 14.5. The number of benzene rings is 1. The largest absolute Gasteiger partial charge is 0.440 e. The van der Waals surface area contributed by atoms with Gasteiger partial charge in [0.2, 0.25) is 0 Å². The van der Waals surface area contributed by atoms with Crippen molar-refractivity contribution in [2.45, 2.75) is 51.9 Å². The van der Waals surface area contributed by atoms with E-state index in [1.807, 2.05) is 6.07 Å². The second kappa shape index (κ2) is 8.00. The standard InChI is InChI=1S/C14H30O3Si4/c1-18(2)15-21(6,7)17-19(16-20(3,4)5)13-14-11-9-8-10-12-14/h8-12,18-19H,13H2,1-7H3. The summed E-state index contributed by atoms with van der Waals surface area (Å²) < 4.78 is 19.0. The minimum atomic E-state index is -2.06. The van der Waals surface area contributed by atoms with Gasteiger partial charge in [0.15, 0.2) is 17.4 Å². The molecule has 1 aromatic rings. The lowest BCUT2D eigenvalue weighted by molar-refractivity contribution is 0.351. The van der Waals surface area contributed by atoms with Gasteiger partial charge in [-0.1, -0.05) is 30.3 Å². The summed E-state index contributed by atoms with van der Waals surface area (Å²) in [5.74, 6) is 0. The Hall–Kier alpha value is -0.0325. The highest BCUT2D eigenvalue weighted by atomic mass is 28.5. The van der Waals surface area contributed by atoms with Gasteiger partial charge < -0.3 is 12.3 Å². The van der Waals surface area contributed by atoms with E-state index in [0.29, 0.717) is 0 Å². The summed E-state index contributed by atoms with van der Waals surface area (Å²) in [5.41, 5.74) is 1.30. The third-order valence-corrected chi connectivity index (χ3v) is 14.8. The van der Waals surface area contributed by atoms with Crippen LogP contribution in [0.4, 0.5) is 0 Å². The van der Waals surface area contributed by atoms with Gasteiger partial charge in [0.1, 0.15) is 0 Å². The van der Waals surface area contributed by atoms with E-state index >= 15 is 0 Å². The highest BCUT2D eigenvalue weighted by Crippen LogP contribution is 2.17.